The van der Waals surface area contributed by atoms with E-state index in [0.717, 1.165) is 62.1 Å². The highest BCUT2D eigenvalue weighted by atomic mass is 16.5. The van der Waals surface area contributed by atoms with Crippen molar-refractivity contribution in [1.82, 2.24) is 14.9 Å². The summed E-state index contributed by atoms with van der Waals surface area (Å²) in [5, 5.41) is 0. The Labute approximate surface area is 147 Å². The highest BCUT2D eigenvalue weighted by Crippen LogP contribution is 2.40. The summed E-state index contributed by atoms with van der Waals surface area (Å²) in [6.07, 6.45) is 5.76. The molecule has 132 valence electrons. The SMILES string of the molecule is Cc1ccc2nc([C@H]3CCCN(C(=O)[C@H]4C[C@H]5CC[C@H]4O5)C3)[nH]c2c1. The van der Waals surface area contributed by atoms with Crippen molar-refractivity contribution < 1.29 is 9.53 Å². The lowest BCUT2D eigenvalue weighted by Crippen LogP contribution is -2.44. The first-order chi connectivity index (χ1) is 12.2. The third-order valence-electron chi connectivity index (χ3n) is 6.20. The molecule has 3 aliphatic heterocycles. The summed E-state index contributed by atoms with van der Waals surface area (Å²) in [6, 6.07) is 6.31. The van der Waals surface area contributed by atoms with Crippen LogP contribution in [-0.4, -0.2) is 46.1 Å². The van der Waals surface area contributed by atoms with Crippen molar-refractivity contribution >= 4 is 16.9 Å². The molecule has 0 spiro atoms. The van der Waals surface area contributed by atoms with Crippen molar-refractivity contribution in [2.45, 2.75) is 57.2 Å². The topological polar surface area (TPSA) is 58.2 Å². The van der Waals surface area contributed by atoms with Gasteiger partial charge in [-0.2, -0.15) is 0 Å². The van der Waals surface area contributed by atoms with Crippen LogP contribution in [0.3, 0.4) is 0 Å². The smallest absolute Gasteiger partial charge is 0.228 e. The van der Waals surface area contributed by atoms with Crippen LogP contribution < -0.4 is 0 Å². The Morgan fingerprint density at radius 2 is 2.24 bits per heavy atom. The largest absolute Gasteiger partial charge is 0.374 e. The average molecular weight is 339 g/mol. The molecule has 1 aromatic heterocycles. The van der Waals surface area contributed by atoms with Gasteiger partial charge in [-0.1, -0.05) is 6.07 Å². The fraction of sp³-hybridized carbons (Fsp3) is 0.600. The Kier molecular flexibility index (Phi) is 3.59. The van der Waals surface area contributed by atoms with Gasteiger partial charge >= 0.3 is 0 Å². The second-order valence-corrected chi connectivity index (χ2v) is 7.98. The zero-order valence-electron chi connectivity index (χ0n) is 14.7. The summed E-state index contributed by atoms with van der Waals surface area (Å²) < 4.78 is 5.89. The highest BCUT2D eigenvalue weighted by Gasteiger charge is 2.46. The third kappa shape index (κ3) is 2.65. The molecular weight excluding hydrogens is 314 g/mol. The van der Waals surface area contributed by atoms with Crippen molar-refractivity contribution in [2.75, 3.05) is 13.1 Å². The molecule has 5 rings (SSSR count). The Hall–Kier alpha value is -1.88. The normalized spacial score (nSPS) is 31.8. The van der Waals surface area contributed by atoms with Crippen molar-refractivity contribution in [2.24, 2.45) is 5.92 Å². The van der Waals surface area contributed by atoms with Crippen molar-refractivity contribution in [3.63, 3.8) is 0 Å². The highest BCUT2D eigenvalue weighted by molar-refractivity contribution is 5.80. The fourth-order valence-corrected chi connectivity index (χ4v) is 4.87. The van der Waals surface area contributed by atoms with Crippen LogP contribution in [0.1, 0.15) is 49.4 Å². The second-order valence-electron chi connectivity index (χ2n) is 7.98. The van der Waals surface area contributed by atoms with E-state index in [4.69, 9.17) is 9.72 Å². The Bertz CT molecular complexity index is 814. The van der Waals surface area contributed by atoms with Gasteiger partial charge in [-0.15, -0.1) is 0 Å². The number of aryl methyl sites for hydroxylation is 1. The summed E-state index contributed by atoms with van der Waals surface area (Å²) in [6.45, 7) is 3.76. The molecule has 0 aliphatic carbocycles. The predicted molar refractivity (Wildman–Crippen MR) is 95.4 cm³/mol. The lowest BCUT2D eigenvalue weighted by Gasteiger charge is -2.34. The van der Waals surface area contributed by atoms with Gasteiger partial charge in [0.2, 0.25) is 5.91 Å². The minimum atomic E-state index is 0.0934. The average Bonchev–Trinajstić information content (AvgIpc) is 3.35. The molecule has 0 saturated carbocycles. The molecular formula is C20H25N3O2. The molecule has 3 aliphatic rings. The van der Waals surface area contributed by atoms with E-state index >= 15 is 0 Å². The molecule has 2 aromatic rings. The lowest BCUT2D eigenvalue weighted by molar-refractivity contribution is -0.138. The maximum absolute atomic E-state index is 13.0. The number of likely N-dealkylation sites (tertiary alicyclic amines) is 1. The van der Waals surface area contributed by atoms with Gasteiger partial charge in [-0.25, -0.2) is 4.98 Å². The molecule has 3 saturated heterocycles. The number of benzene rings is 1. The van der Waals surface area contributed by atoms with Gasteiger partial charge in [0, 0.05) is 19.0 Å². The molecule has 1 aromatic carbocycles. The number of piperidine rings is 1. The van der Waals surface area contributed by atoms with E-state index in [-0.39, 0.29) is 12.0 Å². The minimum absolute atomic E-state index is 0.0934. The molecule has 5 nitrogen and oxygen atoms in total. The van der Waals surface area contributed by atoms with Crippen LogP contribution in [-0.2, 0) is 9.53 Å². The van der Waals surface area contributed by atoms with E-state index in [2.05, 4.69) is 35.0 Å². The lowest BCUT2D eigenvalue weighted by atomic mass is 9.87. The zero-order chi connectivity index (χ0) is 17.0. The van der Waals surface area contributed by atoms with Crippen LogP contribution in [0.15, 0.2) is 18.2 Å². The maximum Gasteiger partial charge on any atom is 0.228 e. The summed E-state index contributed by atoms with van der Waals surface area (Å²) in [7, 11) is 0. The molecule has 0 unspecified atom stereocenters. The first-order valence-electron chi connectivity index (χ1n) is 9.58. The van der Waals surface area contributed by atoms with Crippen molar-refractivity contribution in [1.29, 1.82) is 0 Å². The van der Waals surface area contributed by atoms with Crippen LogP contribution in [0.4, 0.5) is 0 Å². The van der Waals surface area contributed by atoms with E-state index < -0.39 is 0 Å². The number of ether oxygens (including phenoxy) is 1. The summed E-state index contributed by atoms with van der Waals surface area (Å²) in [5.41, 5.74) is 3.35. The van der Waals surface area contributed by atoms with Crippen LogP contribution in [0.5, 0.6) is 0 Å². The number of rotatable bonds is 2. The number of aromatic amines is 1. The number of hydrogen-bond acceptors (Lipinski definition) is 3. The Morgan fingerprint density at radius 1 is 1.32 bits per heavy atom. The molecule has 1 N–H and O–H groups in total. The summed E-state index contributed by atoms with van der Waals surface area (Å²) in [4.78, 5) is 23.3. The van der Waals surface area contributed by atoms with Crippen LogP contribution in [0.2, 0.25) is 0 Å². The van der Waals surface area contributed by atoms with E-state index in [1.165, 1.54) is 5.56 Å². The van der Waals surface area contributed by atoms with Gasteiger partial charge in [0.15, 0.2) is 0 Å². The number of nitrogens with one attached hydrogen (secondary N) is 1. The van der Waals surface area contributed by atoms with Gasteiger partial charge in [0.1, 0.15) is 5.82 Å². The van der Waals surface area contributed by atoms with Gasteiger partial charge in [-0.05, 0) is 56.7 Å². The van der Waals surface area contributed by atoms with E-state index in [9.17, 15) is 4.79 Å². The first-order valence-corrected chi connectivity index (χ1v) is 9.58. The number of hydrogen-bond donors (Lipinski definition) is 1. The zero-order valence-corrected chi connectivity index (χ0v) is 14.7. The van der Waals surface area contributed by atoms with Gasteiger partial charge < -0.3 is 14.6 Å². The number of imidazole rings is 1. The summed E-state index contributed by atoms with van der Waals surface area (Å²) >= 11 is 0. The maximum atomic E-state index is 13.0. The monoisotopic (exact) mass is 339 g/mol. The third-order valence-corrected chi connectivity index (χ3v) is 6.20. The number of carbonyl (C=O) groups is 1. The molecule has 2 bridgehead atoms. The molecule has 0 radical (unpaired) electrons. The molecule has 1 amide bonds. The first kappa shape index (κ1) is 15.4. The number of fused-ring (bicyclic) bond motifs is 3. The predicted octanol–water partition coefficient (Wildman–Crippen LogP) is 3.14. The van der Waals surface area contributed by atoms with Crippen molar-refractivity contribution in [3.05, 3.63) is 29.6 Å². The van der Waals surface area contributed by atoms with Gasteiger partial charge in [0.05, 0.1) is 29.2 Å². The Balaban J connectivity index is 1.34. The van der Waals surface area contributed by atoms with E-state index in [1.54, 1.807) is 0 Å². The Morgan fingerprint density at radius 3 is 3.04 bits per heavy atom. The van der Waals surface area contributed by atoms with E-state index in [1.807, 2.05) is 0 Å². The van der Waals surface area contributed by atoms with Gasteiger partial charge in [0.25, 0.3) is 0 Å². The number of H-pyrrole nitrogens is 1. The minimum Gasteiger partial charge on any atom is -0.374 e. The quantitative estimate of drug-likeness (QED) is 0.914. The van der Waals surface area contributed by atoms with Crippen LogP contribution >= 0.6 is 0 Å². The summed E-state index contributed by atoms with van der Waals surface area (Å²) in [5.74, 6) is 1.74. The van der Waals surface area contributed by atoms with Crippen LogP contribution in [0.25, 0.3) is 11.0 Å². The number of nitrogens with zero attached hydrogens (tertiary/aromatic N) is 2. The fourth-order valence-electron chi connectivity index (χ4n) is 4.87. The second kappa shape index (κ2) is 5.84. The molecule has 25 heavy (non-hydrogen) atoms. The molecule has 5 heteroatoms. The number of aromatic nitrogens is 2. The number of amides is 1. The standard InChI is InChI=1S/C20H25N3O2/c1-12-4-6-16-17(9-12)22-19(21-16)13-3-2-8-23(11-13)20(24)15-10-14-5-7-18(15)25-14/h4,6,9,13-15,18H,2-3,5,7-8,10-11H2,1H3,(H,21,22)/t13-,14+,15-,18+/m0/s1. The van der Waals surface area contributed by atoms with Crippen molar-refractivity contribution in [3.8, 4) is 0 Å². The van der Waals surface area contributed by atoms with E-state index in [0.29, 0.717) is 17.9 Å². The molecule has 3 fully saturated rings. The number of carbonyl (C=O) groups excluding carboxylic acids is 1. The van der Waals surface area contributed by atoms with Crippen LogP contribution in [0, 0.1) is 12.8 Å². The van der Waals surface area contributed by atoms with Gasteiger partial charge in [-0.3, -0.25) is 4.79 Å². The molecule has 4 atom stereocenters. The molecule has 4 heterocycles.